The Morgan fingerprint density at radius 1 is 1.26 bits per heavy atom. The number of aryl methyl sites for hydroxylation is 1. The summed E-state index contributed by atoms with van der Waals surface area (Å²) in [6, 6.07) is 7.15. The second-order valence-electron chi connectivity index (χ2n) is 7.21. The van der Waals surface area contributed by atoms with Crippen LogP contribution in [0.25, 0.3) is 0 Å². The first-order chi connectivity index (χ1) is 14.8. The number of carbonyl (C=O) groups excluding carboxylic acids is 2. The third kappa shape index (κ3) is 4.41. The fraction of sp³-hybridized carbons (Fsp3) is 0.318. The zero-order chi connectivity index (χ0) is 22.7. The van der Waals surface area contributed by atoms with E-state index in [1.165, 1.54) is 34.0 Å². The van der Waals surface area contributed by atoms with Gasteiger partial charge in [-0.3, -0.25) is 19.5 Å². The number of hydrogen-bond donors (Lipinski definition) is 1. The molecule has 1 aliphatic rings. The van der Waals surface area contributed by atoms with Gasteiger partial charge in [0.25, 0.3) is 5.91 Å². The molecule has 2 aromatic carbocycles. The van der Waals surface area contributed by atoms with Gasteiger partial charge in [-0.1, -0.05) is 6.07 Å². The molecule has 0 saturated carbocycles. The Morgan fingerprint density at radius 2 is 2.00 bits per heavy atom. The highest BCUT2D eigenvalue weighted by Gasteiger charge is 2.29. The van der Waals surface area contributed by atoms with Gasteiger partial charge < -0.3 is 10.0 Å². The van der Waals surface area contributed by atoms with E-state index < -0.39 is 24.1 Å². The summed E-state index contributed by atoms with van der Waals surface area (Å²) in [6.45, 7) is 3.56. The van der Waals surface area contributed by atoms with E-state index in [4.69, 9.17) is 0 Å². The first kappa shape index (κ1) is 22.4. The third-order valence-corrected chi connectivity index (χ3v) is 5.20. The lowest BCUT2D eigenvalue weighted by Crippen LogP contribution is -2.38. The lowest BCUT2D eigenvalue weighted by atomic mass is 9.97. The van der Waals surface area contributed by atoms with Crippen molar-refractivity contribution in [2.45, 2.75) is 20.3 Å². The molecule has 0 aliphatic carbocycles. The van der Waals surface area contributed by atoms with Gasteiger partial charge in [0.2, 0.25) is 6.41 Å². The number of rotatable bonds is 6. The average molecular weight is 430 g/mol. The van der Waals surface area contributed by atoms with Gasteiger partial charge in [0.1, 0.15) is 18.2 Å². The zero-order valence-electron chi connectivity index (χ0n) is 17.6. The normalized spacial score (nSPS) is 13.8. The van der Waals surface area contributed by atoms with Gasteiger partial charge >= 0.3 is 0 Å². The minimum Gasteiger partial charge on any atom is -0.388 e. The van der Waals surface area contributed by atoms with Crippen LogP contribution in [0.3, 0.4) is 0 Å². The van der Waals surface area contributed by atoms with E-state index in [0.717, 1.165) is 11.6 Å². The SMILES string of the molecule is CCN(C=O)/C(CO)=N\N(C)c1cc2c(cc1F)C(=O)N(c1cc(C)ccc1F)CC2. The predicted molar refractivity (Wildman–Crippen MR) is 114 cm³/mol. The molecule has 1 heterocycles. The summed E-state index contributed by atoms with van der Waals surface area (Å²) in [7, 11) is 1.48. The minimum absolute atomic E-state index is 0.0642. The van der Waals surface area contributed by atoms with Crippen LogP contribution in [0.4, 0.5) is 20.2 Å². The summed E-state index contributed by atoms with van der Waals surface area (Å²) in [4.78, 5) is 26.6. The quantitative estimate of drug-likeness (QED) is 0.331. The zero-order valence-corrected chi connectivity index (χ0v) is 17.6. The highest BCUT2D eigenvalue weighted by Crippen LogP contribution is 2.31. The second-order valence-corrected chi connectivity index (χ2v) is 7.21. The van der Waals surface area contributed by atoms with Crippen LogP contribution in [0.2, 0.25) is 0 Å². The van der Waals surface area contributed by atoms with Gasteiger partial charge in [-0.15, -0.1) is 0 Å². The summed E-state index contributed by atoms with van der Waals surface area (Å²) in [6.07, 6.45) is 0.936. The van der Waals surface area contributed by atoms with Crippen molar-refractivity contribution in [1.29, 1.82) is 0 Å². The van der Waals surface area contributed by atoms with Crippen molar-refractivity contribution < 1.29 is 23.5 Å². The maximum Gasteiger partial charge on any atom is 0.258 e. The van der Waals surface area contributed by atoms with Crippen LogP contribution in [0.5, 0.6) is 0 Å². The van der Waals surface area contributed by atoms with Crippen LogP contribution in [0.1, 0.15) is 28.4 Å². The average Bonchev–Trinajstić information content (AvgIpc) is 2.76. The number of benzene rings is 2. The molecule has 0 radical (unpaired) electrons. The van der Waals surface area contributed by atoms with E-state index in [1.807, 2.05) is 0 Å². The molecule has 31 heavy (non-hydrogen) atoms. The smallest absolute Gasteiger partial charge is 0.258 e. The van der Waals surface area contributed by atoms with Crippen molar-refractivity contribution in [1.82, 2.24) is 4.90 Å². The number of anilines is 2. The number of hydrogen-bond acceptors (Lipinski definition) is 5. The van der Waals surface area contributed by atoms with Crippen LogP contribution >= 0.6 is 0 Å². The Hall–Kier alpha value is -3.33. The van der Waals surface area contributed by atoms with E-state index in [0.29, 0.717) is 24.9 Å². The number of hydrazone groups is 1. The lowest BCUT2D eigenvalue weighted by Gasteiger charge is -2.30. The molecule has 2 aromatic rings. The van der Waals surface area contributed by atoms with Crippen molar-refractivity contribution in [3.8, 4) is 0 Å². The molecule has 0 spiro atoms. The molecule has 1 N–H and O–H groups in total. The number of amides is 2. The third-order valence-electron chi connectivity index (χ3n) is 5.20. The Morgan fingerprint density at radius 3 is 2.65 bits per heavy atom. The van der Waals surface area contributed by atoms with E-state index in [2.05, 4.69) is 5.10 Å². The fourth-order valence-corrected chi connectivity index (χ4v) is 3.52. The Kier molecular flexibility index (Phi) is 6.65. The Bertz CT molecular complexity index is 1040. The number of amidine groups is 1. The summed E-state index contributed by atoms with van der Waals surface area (Å²) >= 11 is 0. The maximum absolute atomic E-state index is 14.9. The topological polar surface area (TPSA) is 76.5 Å². The number of likely N-dealkylation sites (N-methyl/N-ethyl adjacent to an activating group) is 1. The monoisotopic (exact) mass is 430 g/mol. The molecule has 0 atom stereocenters. The molecule has 7 nitrogen and oxygen atoms in total. The van der Waals surface area contributed by atoms with Crippen molar-refractivity contribution in [3.63, 3.8) is 0 Å². The highest BCUT2D eigenvalue weighted by molar-refractivity contribution is 6.08. The molecule has 9 heteroatoms. The van der Waals surface area contributed by atoms with E-state index in [9.17, 15) is 23.5 Å². The van der Waals surface area contributed by atoms with Crippen LogP contribution in [0, 0.1) is 18.6 Å². The molecule has 0 unspecified atom stereocenters. The summed E-state index contributed by atoms with van der Waals surface area (Å²) in [5.41, 5.74) is 1.85. The van der Waals surface area contributed by atoms with Gasteiger partial charge in [0.05, 0.1) is 11.4 Å². The number of halogens is 2. The summed E-state index contributed by atoms with van der Waals surface area (Å²) in [5.74, 6) is -1.62. The molecular formula is C22H24F2N4O3. The van der Waals surface area contributed by atoms with Crippen LogP contribution in [0.15, 0.2) is 35.4 Å². The van der Waals surface area contributed by atoms with Crippen molar-refractivity contribution >= 4 is 29.5 Å². The second kappa shape index (κ2) is 9.22. The molecule has 0 bridgehead atoms. The Balaban J connectivity index is 1.95. The molecule has 164 valence electrons. The van der Waals surface area contributed by atoms with E-state index in [1.54, 1.807) is 26.0 Å². The largest absolute Gasteiger partial charge is 0.388 e. The number of carbonyl (C=O) groups is 2. The number of fused-ring (bicyclic) bond motifs is 1. The first-order valence-electron chi connectivity index (χ1n) is 9.85. The number of aliphatic hydroxyl groups is 1. The molecule has 0 saturated heterocycles. The van der Waals surface area contributed by atoms with Crippen LogP contribution in [-0.4, -0.2) is 54.9 Å². The van der Waals surface area contributed by atoms with E-state index in [-0.39, 0.29) is 29.3 Å². The highest BCUT2D eigenvalue weighted by atomic mass is 19.1. The van der Waals surface area contributed by atoms with Crippen molar-refractivity contribution in [2.24, 2.45) is 5.10 Å². The van der Waals surface area contributed by atoms with Gasteiger partial charge in [0, 0.05) is 25.7 Å². The number of nitrogens with zero attached hydrogens (tertiary/aromatic N) is 4. The van der Waals surface area contributed by atoms with Crippen LogP contribution < -0.4 is 9.91 Å². The van der Waals surface area contributed by atoms with Gasteiger partial charge in [0.15, 0.2) is 5.84 Å². The van der Waals surface area contributed by atoms with Gasteiger partial charge in [-0.2, -0.15) is 5.10 Å². The van der Waals surface area contributed by atoms with Gasteiger partial charge in [-0.05, 0) is 55.7 Å². The molecular weight excluding hydrogens is 406 g/mol. The van der Waals surface area contributed by atoms with Gasteiger partial charge in [-0.25, -0.2) is 8.78 Å². The fourth-order valence-electron chi connectivity index (χ4n) is 3.52. The van der Waals surface area contributed by atoms with Crippen molar-refractivity contribution in [2.75, 3.05) is 36.7 Å². The van der Waals surface area contributed by atoms with Crippen molar-refractivity contribution in [3.05, 3.63) is 58.7 Å². The molecule has 3 rings (SSSR count). The lowest BCUT2D eigenvalue weighted by molar-refractivity contribution is -0.114. The summed E-state index contributed by atoms with van der Waals surface area (Å²) < 4.78 is 29.2. The first-order valence-corrected chi connectivity index (χ1v) is 9.85. The molecule has 0 fully saturated rings. The molecule has 1 aliphatic heterocycles. The van der Waals surface area contributed by atoms with Crippen LogP contribution in [-0.2, 0) is 11.2 Å². The summed E-state index contributed by atoms with van der Waals surface area (Å²) in [5, 5.41) is 14.8. The molecule has 2 amide bonds. The predicted octanol–water partition coefficient (Wildman–Crippen LogP) is 2.70. The Labute approximate surface area is 179 Å². The molecule has 0 aromatic heterocycles. The minimum atomic E-state index is -0.698. The standard InChI is InChI=1S/C22H24F2N4O3/c1-4-27(13-30)21(12-29)25-26(3)19-10-15-7-8-28(22(31)16(15)11-18(19)24)20-9-14(2)5-6-17(20)23/h5-6,9-11,13,29H,4,7-8,12H2,1-3H3/b25-21-. The van der Waals surface area contributed by atoms with E-state index >= 15 is 0 Å². The number of aliphatic hydroxyl groups excluding tert-OH is 1. The maximum atomic E-state index is 14.9.